The van der Waals surface area contributed by atoms with Crippen LogP contribution in [0.3, 0.4) is 0 Å². The van der Waals surface area contributed by atoms with Crippen LogP contribution in [0, 0.1) is 0 Å². The quantitative estimate of drug-likeness (QED) is 0.656. The first-order chi connectivity index (χ1) is 11.4. The van der Waals surface area contributed by atoms with Gasteiger partial charge >= 0.3 is 0 Å². The molecule has 130 valence electrons. The van der Waals surface area contributed by atoms with Gasteiger partial charge in [-0.15, -0.1) is 0 Å². The fourth-order valence-electron chi connectivity index (χ4n) is 3.11. The summed E-state index contributed by atoms with van der Waals surface area (Å²) in [7, 11) is 0. The van der Waals surface area contributed by atoms with E-state index < -0.39 is 0 Å². The summed E-state index contributed by atoms with van der Waals surface area (Å²) in [4.78, 5) is 0. The van der Waals surface area contributed by atoms with Crippen LogP contribution in [0.15, 0.2) is 36.4 Å². The smallest absolute Gasteiger partial charge is 0.119 e. The molecule has 0 aliphatic rings. The summed E-state index contributed by atoms with van der Waals surface area (Å²) in [6, 6.07) is 11.9. The molecule has 2 aromatic rings. The van der Waals surface area contributed by atoms with Crippen LogP contribution in [-0.4, -0.2) is 10.2 Å². The molecule has 0 aromatic heterocycles. The van der Waals surface area contributed by atoms with Crippen LogP contribution < -0.4 is 0 Å². The topological polar surface area (TPSA) is 40.5 Å². The largest absolute Gasteiger partial charge is 0.508 e. The Labute approximate surface area is 146 Å². The Morgan fingerprint density at radius 2 is 1.08 bits per heavy atom. The molecule has 0 amide bonds. The molecule has 0 saturated carbocycles. The van der Waals surface area contributed by atoms with Crippen molar-refractivity contribution in [1.82, 2.24) is 0 Å². The lowest BCUT2D eigenvalue weighted by molar-refractivity contribution is 0.461. The number of benzene rings is 2. The van der Waals surface area contributed by atoms with Crippen molar-refractivity contribution in [3.8, 4) is 11.5 Å². The fraction of sp³-hybridized carbons (Fsp3) is 0.455. The van der Waals surface area contributed by atoms with E-state index in [1.165, 1.54) is 11.1 Å². The molecule has 0 heterocycles. The summed E-state index contributed by atoms with van der Waals surface area (Å²) in [5, 5.41) is 20.3. The summed E-state index contributed by atoms with van der Waals surface area (Å²) >= 11 is 0. The molecule has 0 saturated heterocycles. The second-order valence-electron chi connectivity index (χ2n) is 6.98. The van der Waals surface area contributed by atoms with Crippen LogP contribution in [0.5, 0.6) is 11.5 Å². The molecule has 2 aromatic carbocycles. The second-order valence-corrected chi connectivity index (χ2v) is 6.98. The van der Waals surface area contributed by atoms with Gasteiger partial charge in [0.05, 0.1) is 0 Å². The molecule has 0 fully saturated rings. The van der Waals surface area contributed by atoms with Gasteiger partial charge in [0.25, 0.3) is 0 Å². The third-order valence-electron chi connectivity index (χ3n) is 5.39. The molecule has 0 aliphatic heterocycles. The third-order valence-corrected chi connectivity index (χ3v) is 5.39. The first-order valence-electron chi connectivity index (χ1n) is 9.04. The van der Waals surface area contributed by atoms with Gasteiger partial charge in [0, 0.05) is 5.92 Å². The van der Waals surface area contributed by atoms with E-state index in [9.17, 15) is 10.2 Å². The first-order valence-corrected chi connectivity index (χ1v) is 9.04. The molecule has 0 radical (unpaired) electrons. The lowest BCUT2D eigenvalue weighted by Crippen LogP contribution is -2.01. The number of phenols is 2. The predicted octanol–water partition coefficient (Wildman–Crippen LogP) is 6.28. The third kappa shape index (κ3) is 3.75. The highest BCUT2D eigenvalue weighted by Crippen LogP contribution is 2.36. The van der Waals surface area contributed by atoms with Gasteiger partial charge in [-0.1, -0.05) is 58.9 Å². The van der Waals surface area contributed by atoms with E-state index in [1.54, 1.807) is 0 Å². The van der Waals surface area contributed by atoms with E-state index >= 15 is 0 Å². The zero-order chi connectivity index (χ0) is 17.9. The Hall–Kier alpha value is -1.96. The lowest BCUT2D eigenvalue weighted by atomic mass is 9.86. The Bertz CT molecular complexity index is 631. The Kier molecular flexibility index (Phi) is 5.93. The van der Waals surface area contributed by atoms with Gasteiger partial charge in [0.1, 0.15) is 11.5 Å². The average Bonchev–Trinajstić information content (AvgIpc) is 2.60. The molecule has 0 spiro atoms. The highest BCUT2D eigenvalue weighted by atomic mass is 16.3. The summed E-state index contributed by atoms with van der Waals surface area (Å²) in [6.45, 7) is 10.7. The van der Waals surface area contributed by atoms with Crippen molar-refractivity contribution in [3.63, 3.8) is 0 Å². The minimum atomic E-state index is 0.219. The van der Waals surface area contributed by atoms with Crippen molar-refractivity contribution < 1.29 is 10.2 Å². The SMILES string of the molecule is CCC(C)c1cc(C(C)c2ccc(O)c(C(C)CC)c2)ccc1O. The highest BCUT2D eigenvalue weighted by Gasteiger charge is 2.16. The highest BCUT2D eigenvalue weighted by molar-refractivity contribution is 5.45. The van der Waals surface area contributed by atoms with Crippen LogP contribution in [-0.2, 0) is 0 Å². The van der Waals surface area contributed by atoms with E-state index in [0.717, 1.165) is 24.0 Å². The molecular weight excluding hydrogens is 296 g/mol. The summed E-state index contributed by atoms with van der Waals surface area (Å²) in [6.07, 6.45) is 2.01. The minimum absolute atomic E-state index is 0.219. The second kappa shape index (κ2) is 7.74. The average molecular weight is 326 g/mol. The Morgan fingerprint density at radius 3 is 1.42 bits per heavy atom. The van der Waals surface area contributed by atoms with Crippen molar-refractivity contribution >= 4 is 0 Å². The normalized spacial score (nSPS) is 15.0. The fourth-order valence-corrected chi connectivity index (χ4v) is 3.11. The van der Waals surface area contributed by atoms with Crippen LogP contribution in [0.4, 0.5) is 0 Å². The molecule has 2 nitrogen and oxygen atoms in total. The van der Waals surface area contributed by atoms with E-state index in [-0.39, 0.29) is 5.92 Å². The van der Waals surface area contributed by atoms with Crippen LogP contribution in [0.1, 0.15) is 87.5 Å². The van der Waals surface area contributed by atoms with Gasteiger partial charge in [-0.2, -0.15) is 0 Å². The van der Waals surface area contributed by atoms with Gasteiger partial charge in [-0.3, -0.25) is 0 Å². The maximum Gasteiger partial charge on any atom is 0.119 e. The summed E-state index contributed by atoms with van der Waals surface area (Å²) < 4.78 is 0. The Morgan fingerprint density at radius 1 is 0.708 bits per heavy atom. The standard InChI is InChI=1S/C22H30O2/c1-6-14(3)19-12-17(8-10-21(19)23)16(5)18-9-11-22(24)20(13-18)15(4)7-2/h8-16,23-24H,6-7H2,1-5H3. The van der Waals surface area contributed by atoms with Gasteiger partial charge < -0.3 is 10.2 Å². The molecule has 2 rings (SSSR count). The molecule has 2 heteroatoms. The van der Waals surface area contributed by atoms with E-state index in [2.05, 4.69) is 46.8 Å². The van der Waals surface area contributed by atoms with Gasteiger partial charge in [0.15, 0.2) is 0 Å². The number of hydrogen-bond acceptors (Lipinski definition) is 2. The number of hydrogen-bond donors (Lipinski definition) is 2. The van der Waals surface area contributed by atoms with E-state index in [4.69, 9.17) is 0 Å². The van der Waals surface area contributed by atoms with Crippen molar-refractivity contribution in [2.45, 2.75) is 65.2 Å². The van der Waals surface area contributed by atoms with Gasteiger partial charge in [0.2, 0.25) is 0 Å². The monoisotopic (exact) mass is 326 g/mol. The van der Waals surface area contributed by atoms with Crippen LogP contribution in [0.2, 0.25) is 0 Å². The molecule has 2 N–H and O–H groups in total. The first kappa shape index (κ1) is 18.4. The number of rotatable bonds is 6. The molecular formula is C22H30O2. The van der Waals surface area contributed by atoms with E-state index in [1.807, 2.05) is 24.3 Å². The zero-order valence-corrected chi connectivity index (χ0v) is 15.5. The number of aromatic hydroxyl groups is 2. The van der Waals surface area contributed by atoms with Gasteiger partial charge in [-0.05, 0) is 59.1 Å². The maximum atomic E-state index is 10.1. The van der Waals surface area contributed by atoms with Crippen molar-refractivity contribution in [1.29, 1.82) is 0 Å². The maximum absolute atomic E-state index is 10.1. The van der Waals surface area contributed by atoms with E-state index in [0.29, 0.717) is 23.3 Å². The molecule has 24 heavy (non-hydrogen) atoms. The molecule has 0 bridgehead atoms. The van der Waals surface area contributed by atoms with Crippen molar-refractivity contribution in [3.05, 3.63) is 58.7 Å². The molecule has 2 atom stereocenters. The van der Waals surface area contributed by atoms with Crippen LogP contribution >= 0.6 is 0 Å². The summed E-state index contributed by atoms with van der Waals surface area (Å²) in [5.74, 6) is 1.66. The summed E-state index contributed by atoms with van der Waals surface area (Å²) in [5.41, 5.74) is 4.43. The zero-order valence-electron chi connectivity index (χ0n) is 15.5. The Balaban J connectivity index is 2.40. The van der Waals surface area contributed by atoms with Gasteiger partial charge in [-0.25, -0.2) is 0 Å². The number of phenolic OH excluding ortho intramolecular Hbond substituents is 2. The minimum Gasteiger partial charge on any atom is -0.508 e. The molecule has 2 unspecified atom stereocenters. The molecule has 0 aliphatic carbocycles. The van der Waals surface area contributed by atoms with Crippen molar-refractivity contribution in [2.24, 2.45) is 0 Å². The lowest BCUT2D eigenvalue weighted by Gasteiger charge is -2.19. The predicted molar refractivity (Wildman–Crippen MR) is 101 cm³/mol. The van der Waals surface area contributed by atoms with Crippen molar-refractivity contribution in [2.75, 3.05) is 0 Å². The van der Waals surface area contributed by atoms with Crippen LogP contribution in [0.25, 0.3) is 0 Å².